The number of amidine groups is 1. The van der Waals surface area contributed by atoms with Gasteiger partial charge in [-0.25, -0.2) is 4.61 Å². The maximum absolute atomic E-state index is 15.7. The van der Waals surface area contributed by atoms with E-state index in [0.717, 1.165) is 9.53 Å². The van der Waals surface area contributed by atoms with E-state index < -0.39 is 6.97 Å². The zero-order chi connectivity index (χ0) is 22.4. The second-order valence-corrected chi connectivity index (χ2v) is 8.98. The van der Waals surface area contributed by atoms with E-state index in [1.807, 2.05) is 12.1 Å². The van der Waals surface area contributed by atoms with Gasteiger partial charge in [-0.15, -0.1) is 0 Å². The molecular weight excluding hydrogens is 417 g/mol. The van der Waals surface area contributed by atoms with E-state index in [-0.39, 0.29) is 5.84 Å². The van der Waals surface area contributed by atoms with Crippen LogP contribution in [0.1, 0.15) is 29.9 Å². The van der Waals surface area contributed by atoms with Gasteiger partial charge in [-0.3, -0.25) is 0 Å². The molecule has 0 radical (unpaired) electrons. The second kappa shape index (κ2) is 7.76. The molecular formula is C26H23BF2N4. The zero-order valence-electron chi connectivity index (χ0n) is 18.0. The average molecular weight is 440 g/mol. The highest BCUT2D eigenvalue weighted by Crippen LogP contribution is 2.48. The third kappa shape index (κ3) is 3.48. The molecule has 4 nitrogen and oxygen atoms in total. The van der Waals surface area contributed by atoms with Gasteiger partial charge in [0.1, 0.15) is 0 Å². The molecule has 3 aromatic rings. The standard InChI is InChI=1S/C26H23BF2N4/c28-27(29)32(23-7-3-1-4-8-23)30-26(31-33(27)24-9-5-2-6-10-24)21-15-13-20(14-16-21)25-18-19-11-12-22(25)17-19/h1-16,19,22,25H,17-18H2/t19-,22+,25-/m1/s1. The molecule has 1 saturated carbocycles. The Kier molecular flexibility index (Phi) is 4.71. The Morgan fingerprint density at radius 2 is 1.52 bits per heavy atom. The molecule has 7 heteroatoms. The van der Waals surface area contributed by atoms with Crippen molar-refractivity contribution >= 4 is 24.2 Å². The van der Waals surface area contributed by atoms with Crippen LogP contribution in [0, 0.1) is 11.8 Å². The van der Waals surface area contributed by atoms with Gasteiger partial charge in [0.15, 0.2) is 5.69 Å². The molecule has 6 rings (SSSR count). The molecule has 0 amide bonds. The van der Waals surface area contributed by atoms with Crippen LogP contribution in [0.2, 0.25) is 0 Å². The Hall–Kier alpha value is -3.61. The zero-order valence-corrected chi connectivity index (χ0v) is 18.0. The molecule has 0 unspecified atom stereocenters. The minimum Gasteiger partial charge on any atom is -0.387 e. The summed E-state index contributed by atoms with van der Waals surface area (Å²) >= 11 is 0. The summed E-state index contributed by atoms with van der Waals surface area (Å²) < 4.78 is 32.1. The van der Waals surface area contributed by atoms with Crippen molar-refractivity contribution in [3.05, 3.63) is 108 Å². The first kappa shape index (κ1) is 20.0. The molecule has 0 N–H and O–H groups in total. The van der Waals surface area contributed by atoms with Gasteiger partial charge in [-0.1, -0.05) is 72.8 Å². The molecule has 3 aliphatic rings. The van der Waals surface area contributed by atoms with Crippen LogP contribution in [0.4, 0.5) is 20.0 Å². The molecule has 0 aromatic heterocycles. The van der Waals surface area contributed by atoms with E-state index in [1.54, 1.807) is 60.7 Å². The van der Waals surface area contributed by atoms with Crippen molar-refractivity contribution in [2.24, 2.45) is 22.1 Å². The lowest BCUT2D eigenvalue weighted by Crippen LogP contribution is -2.54. The van der Waals surface area contributed by atoms with Crippen molar-refractivity contribution in [2.75, 3.05) is 4.92 Å². The summed E-state index contributed by atoms with van der Waals surface area (Å²) in [4.78, 5) is 0.809. The van der Waals surface area contributed by atoms with Crippen molar-refractivity contribution in [1.82, 2.24) is 0 Å². The number of fused-ring (bicyclic) bond motifs is 2. The fourth-order valence-electron chi connectivity index (χ4n) is 5.26. The van der Waals surface area contributed by atoms with Crippen molar-refractivity contribution in [2.45, 2.75) is 18.8 Å². The number of hydrogen-bond donors (Lipinski definition) is 0. The molecule has 0 spiro atoms. The Balaban J connectivity index is 1.41. The fraction of sp³-hybridized carbons (Fsp3) is 0.192. The van der Waals surface area contributed by atoms with Gasteiger partial charge in [-0.2, -0.15) is 5.10 Å². The van der Waals surface area contributed by atoms with Gasteiger partial charge in [-0.05, 0) is 53.4 Å². The summed E-state index contributed by atoms with van der Waals surface area (Å²) in [5, 5.41) is 8.65. The van der Waals surface area contributed by atoms with Crippen LogP contribution in [0.15, 0.2) is 107 Å². The molecule has 1 fully saturated rings. The number of anilines is 1. The average Bonchev–Trinajstić information content (AvgIpc) is 3.49. The van der Waals surface area contributed by atoms with Crippen molar-refractivity contribution in [3.8, 4) is 0 Å². The Morgan fingerprint density at radius 1 is 0.818 bits per heavy atom. The van der Waals surface area contributed by atoms with Crippen LogP contribution in [0.3, 0.4) is 0 Å². The topological polar surface area (TPSA) is 31.0 Å². The van der Waals surface area contributed by atoms with E-state index in [4.69, 9.17) is 0 Å². The fourth-order valence-corrected chi connectivity index (χ4v) is 5.26. The van der Waals surface area contributed by atoms with Gasteiger partial charge in [0, 0.05) is 23.4 Å². The predicted octanol–water partition coefficient (Wildman–Crippen LogP) is 6.72. The smallest absolute Gasteiger partial charge is 0.387 e. The minimum atomic E-state index is -4.27. The van der Waals surface area contributed by atoms with Crippen LogP contribution in [-0.2, 0) is 0 Å². The van der Waals surface area contributed by atoms with Crippen LogP contribution in [-0.4, -0.2) is 17.4 Å². The van der Waals surface area contributed by atoms with Gasteiger partial charge in [0.2, 0.25) is 5.84 Å². The van der Waals surface area contributed by atoms with Crippen molar-refractivity contribution in [1.29, 1.82) is 0 Å². The molecule has 164 valence electrons. The van der Waals surface area contributed by atoms with Gasteiger partial charge in [0.05, 0.1) is 0 Å². The highest BCUT2D eigenvalue weighted by molar-refractivity contribution is 6.62. The summed E-state index contributed by atoms with van der Waals surface area (Å²) in [5.41, 5.74) is 2.65. The van der Waals surface area contributed by atoms with E-state index in [0.29, 0.717) is 34.7 Å². The van der Waals surface area contributed by atoms with Gasteiger partial charge < -0.3 is 13.6 Å². The molecule has 3 atom stereocenters. The van der Waals surface area contributed by atoms with Gasteiger partial charge in [0.25, 0.3) is 0 Å². The molecule has 2 bridgehead atoms. The lowest BCUT2D eigenvalue weighted by Gasteiger charge is -2.33. The molecule has 33 heavy (non-hydrogen) atoms. The van der Waals surface area contributed by atoms with Crippen LogP contribution in [0.25, 0.3) is 0 Å². The summed E-state index contributed by atoms with van der Waals surface area (Å²) in [6.45, 7) is -4.27. The minimum absolute atomic E-state index is 0.259. The highest BCUT2D eigenvalue weighted by Gasteiger charge is 2.55. The summed E-state index contributed by atoms with van der Waals surface area (Å²) in [5.74, 6) is 2.10. The first-order valence-electron chi connectivity index (χ1n) is 11.4. The first-order chi connectivity index (χ1) is 16.1. The Labute approximate surface area is 191 Å². The predicted molar refractivity (Wildman–Crippen MR) is 127 cm³/mol. The Morgan fingerprint density at radius 3 is 2.15 bits per heavy atom. The van der Waals surface area contributed by atoms with Crippen LogP contribution >= 0.6 is 0 Å². The number of allylic oxidation sites excluding steroid dienone is 2. The Bertz CT molecular complexity index is 1260. The third-order valence-electron chi connectivity index (χ3n) is 6.91. The lowest BCUT2D eigenvalue weighted by molar-refractivity contribution is -0.401. The number of hydrogen-bond acceptors (Lipinski definition) is 3. The SMILES string of the molecule is F[B-]1(F)N(c2ccccc2)N=C(c2ccc([C@H]3C[C@@H]4C=C[C@H]3C4)cc2)N=[N+]1c1ccccc1. The maximum atomic E-state index is 15.7. The molecule has 1 heterocycles. The van der Waals surface area contributed by atoms with E-state index in [1.165, 1.54) is 18.4 Å². The molecule has 1 aliphatic heterocycles. The van der Waals surface area contributed by atoms with Crippen molar-refractivity contribution in [3.63, 3.8) is 0 Å². The number of nitrogens with zero attached hydrogens (tertiary/aromatic N) is 4. The van der Waals surface area contributed by atoms with Crippen LogP contribution < -0.4 is 4.92 Å². The van der Waals surface area contributed by atoms with Gasteiger partial charge >= 0.3 is 6.97 Å². The summed E-state index contributed by atoms with van der Waals surface area (Å²) in [6.07, 6.45) is 7.10. The maximum Gasteiger partial charge on any atom is 0.777 e. The first-order valence-corrected chi connectivity index (χ1v) is 11.4. The highest BCUT2D eigenvalue weighted by atomic mass is 19.2. The third-order valence-corrected chi connectivity index (χ3v) is 6.91. The van der Waals surface area contributed by atoms with Crippen LogP contribution in [0.5, 0.6) is 0 Å². The van der Waals surface area contributed by atoms with Crippen molar-refractivity contribution < 1.29 is 13.2 Å². The summed E-state index contributed by atoms with van der Waals surface area (Å²) in [6, 6.07) is 25.2. The normalized spacial score (nSPS) is 25.2. The quantitative estimate of drug-likeness (QED) is 0.327. The molecule has 2 aliphatic carbocycles. The number of para-hydroxylation sites is 2. The monoisotopic (exact) mass is 440 g/mol. The largest absolute Gasteiger partial charge is 0.777 e. The number of azo groups is 1. The van der Waals surface area contributed by atoms with E-state index >= 15 is 8.63 Å². The second-order valence-electron chi connectivity index (χ2n) is 8.98. The van der Waals surface area contributed by atoms with E-state index in [2.05, 4.69) is 34.5 Å². The molecule has 0 saturated heterocycles. The van der Waals surface area contributed by atoms with E-state index in [9.17, 15) is 0 Å². The number of rotatable bonds is 4. The number of hydrazone groups is 1. The number of halogens is 2. The summed E-state index contributed by atoms with van der Waals surface area (Å²) in [7, 11) is 0. The number of benzene rings is 3. The lowest BCUT2D eigenvalue weighted by atomic mass is 9.86. The molecule has 3 aromatic carbocycles.